The van der Waals surface area contributed by atoms with Crippen molar-refractivity contribution in [3.8, 4) is 22.8 Å². The van der Waals surface area contributed by atoms with Crippen molar-refractivity contribution in [3.05, 3.63) is 82.4 Å². The molecule has 0 radical (unpaired) electrons. The molecule has 0 saturated carbocycles. The normalized spacial score (nSPS) is 15.2. The van der Waals surface area contributed by atoms with Crippen LogP contribution in [0, 0.1) is 12.8 Å². The summed E-state index contributed by atoms with van der Waals surface area (Å²) >= 11 is 0. The van der Waals surface area contributed by atoms with Crippen LogP contribution in [0.25, 0.3) is 22.0 Å². The minimum atomic E-state index is -0.953. The number of nitrogens with zero attached hydrogens (tertiary/aromatic N) is 1. The van der Waals surface area contributed by atoms with Gasteiger partial charge in [-0.2, -0.15) is 0 Å². The van der Waals surface area contributed by atoms with E-state index in [1.807, 2.05) is 61.5 Å². The van der Waals surface area contributed by atoms with Crippen molar-refractivity contribution in [2.75, 3.05) is 19.6 Å². The lowest BCUT2D eigenvalue weighted by Crippen LogP contribution is -2.33. The van der Waals surface area contributed by atoms with Crippen molar-refractivity contribution in [3.63, 3.8) is 0 Å². The Labute approximate surface area is 206 Å². The molecule has 1 aliphatic heterocycles. The summed E-state index contributed by atoms with van der Waals surface area (Å²) in [6, 6.07) is 18.6. The highest BCUT2D eigenvalue weighted by Crippen LogP contribution is 2.37. The van der Waals surface area contributed by atoms with Crippen LogP contribution in [-0.2, 0) is 0 Å². The number of para-hydroxylation sites is 2. The van der Waals surface area contributed by atoms with Crippen LogP contribution in [0.15, 0.2) is 65.5 Å². The van der Waals surface area contributed by atoms with E-state index in [-0.39, 0.29) is 17.2 Å². The van der Waals surface area contributed by atoms with Gasteiger partial charge in [0.25, 0.3) is 11.5 Å². The Morgan fingerprint density at radius 1 is 1.11 bits per heavy atom. The Hall–Kier alpha value is -4.53. The lowest BCUT2D eigenvalue weighted by Gasteiger charge is -2.13. The summed E-state index contributed by atoms with van der Waals surface area (Å²) in [6.45, 7) is 2.98. The van der Waals surface area contributed by atoms with Gasteiger partial charge in [-0.1, -0.05) is 30.3 Å². The van der Waals surface area contributed by atoms with Gasteiger partial charge >= 0.3 is 6.09 Å². The molecule has 3 heterocycles. The Kier molecular flexibility index (Phi) is 6.20. The van der Waals surface area contributed by atoms with E-state index in [0.29, 0.717) is 59.7 Å². The highest BCUT2D eigenvalue weighted by atomic mass is 16.5. The number of aromatic amines is 2. The number of aromatic nitrogens is 2. The van der Waals surface area contributed by atoms with Crippen molar-refractivity contribution in [2.24, 2.45) is 5.92 Å². The Morgan fingerprint density at radius 3 is 2.61 bits per heavy atom. The van der Waals surface area contributed by atoms with Gasteiger partial charge in [0.05, 0.1) is 11.1 Å². The molecule has 5 rings (SSSR count). The maximum absolute atomic E-state index is 13.0. The number of carbonyl (C=O) groups excluding carboxylic acids is 1. The Morgan fingerprint density at radius 2 is 1.86 bits per heavy atom. The van der Waals surface area contributed by atoms with Gasteiger partial charge in [-0.25, -0.2) is 4.79 Å². The van der Waals surface area contributed by atoms with Crippen LogP contribution >= 0.6 is 0 Å². The quantitative estimate of drug-likeness (QED) is 0.322. The molecule has 4 N–H and O–H groups in total. The van der Waals surface area contributed by atoms with Crippen molar-refractivity contribution < 1.29 is 19.4 Å². The number of H-pyrrole nitrogens is 2. The largest absolute Gasteiger partial charge is 0.465 e. The molecule has 2 aromatic heterocycles. The molecule has 9 heteroatoms. The first-order chi connectivity index (χ1) is 17.4. The molecule has 9 nitrogen and oxygen atoms in total. The fourth-order valence-corrected chi connectivity index (χ4v) is 4.66. The number of aryl methyl sites for hydroxylation is 1. The van der Waals surface area contributed by atoms with E-state index in [1.165, 1.54) is 4.90 Å². The smallest absolute Gasteiger partial charge is 0.407 e. The van der Waals surface area contributed by atoms with Gasteiger partial charge in [0, 0.05) is 36.3 Å². The number of hydrogen-bond acceptors (Lipinski definition) is 4. The number of benzene rings is 2. The van der Waals surface area contributed by atoms with E-state index in [2.05, 4.69) is 15.3 Å². The van der Waals surface area contributed by atoms with Crippen molar-refractivity contribution in [1.82, 2.24) is 20.2 Å². The standard InChI is InChI=1S/C27H26N4O5/c1-16-23-20(24(29-16)19-9-5-6-10-22(19)36-18-7-3-2-4-8-18)13-21(30-26(23)33)25(32)28-14-17-11-12-31(15-17)27(34)35/h2-10,13,17,29H,11-12,14-15H2,1H3,(H,28,32)(H,30,33)(H,34,35)/t17-/m1/s1. The van der Waals surface area contributed by atoms with Gasteiger partial charge in [0.1, 0.15) is 17.2 Å². The zero-order chi connectivity index (χ0) is 25.2. The minimum absolute atomic E-state index is 0.0348. The number of pyridine rings is 1. The predicted octanol–water partition coefficient (Wildman–Crippen LogP) is 4.35. The molecule has 36 heavy (non-hydrogen) atoms. The average molecular weight is 487 g/mol. The molecule has 0 spiro atoms. The van der Waals surface area contributed by atoms with Crippen molar-refractivity contribution in [2.45, 2.75) is 13.3 Å². The molecule has 1 atom stereocenters. The molecule has 0 bridgehead atoms. The third kappa shape index (κ3) is 4.55. The molecule has 0 aliphatic carbocycles. The van der Waals surface area contributed by atoms with Crippen LogP contribution < -0.4 is 15.6 Å². The Balaban J connectivity index is 1.45. The van der Waals surface area contributed by atoms with Gasteiger partial charge in [0.2, 0.25) is 0 Å². The van der Waals surface area contributed by atoms with Crippen molar-refractivity contribution >= 4 is 22.8 Å². The van der Waals surface area contributed by atoms with Crippen LogP contribution in [0.2, 0.25) is 0 Å². The summed E-state index contributed by atoms with van der Waals surface area (Å²) in [4.78, 5) is 44.4. The second kappa shape index (κ2) is 9.61. The lowest BCUT2D eigenvalue weighted by molar-refractivity contribution is 0.0942. The van der Waals surface area contributed by atoms with E-state index in [9.17, 15) is 14.4 Å². The molecule has 184 valence electrons. The maximum Gasteiger partial charge on any atom is 0.407 e. The summed E-state index contributed by atoms with van der Waals surface area (Å²) < 4.78 is 6.12. The van der Waals surface area contributed by atoms with Gasteiger partial charge in [0.15, 0.2) is 0 Å². The molecule has 4 aromatic rings. The van der Waals surface area contributed by atoms with E-state index < -0.39 is 12.0 Å². The van der Waals surface area contributed by atoms with E-state index in [4.69, 9.17) is 9.84 Å². The molecule has 1 aliphatic rings. The highest BCUT2D eigenvalue weighted by Gasteiger charge is 2.26. The second-order valence-corrected chi connectivity index (χ2v) is 8.93. The fourth-order valence-electron chi connectivity index (χ4n) is 4.66. The van der Waals surface area contributed by atoms with Crippen LogP contribution in [0.3, 0.4) is 0 Å². The van der Waals surface area contributed by atoms with Crippen molar-refractivity contribution in [1.29, 1.82) is 0 Å². The number of carboxylic acid groups (broad SMARTS) is 1. The van der Waals surface area contributed by atoms with Gasteiger partial charge < -0.3 is 30.0 Å². The number of hydrogen-bond donors (Lipinski definition) is 4. The average Bonchev–Trinajstić information content (AvgIpc) is 3.48. The number of ether oxygens (including phenoxy) is 1. The Bertz CT molecular complexity index is 1490. The van der Waals surface area contributed by atoms with Crippen LogP contribution in [0.5, 0.6) is 11.5 Å². The first kappa shape index (κ1) is 23.2. The zero-order valence-corrected chi connectivity index (χ0v) is 19.7. The van der Waals surface area contributed by atoms with Gasteiger partial charge in [-0.15, -0.1) is 0 Å². The first-order valence-corrected chi connectivity index (χ1v) is 11.7. The third-order valence-corrected chi connectivity index (χ3v) is 6.47. The second-order valence-electron chi connectivity index (χ2n) is 8.93. The summed E-state index contributed by atoms with van der Waals surface area (Å²) in [5, 5.41) is 13.1. The minimum Gasteiger partial charge on any atom is -0.465 e. The monoisotopic (exact) mass is 486 g/mol. The van der Waals surface area contributed by atoms with Gasteiger partial charge in [-0.05, 0) is 49.6 Å². The summed E-state index contributed by atoms with van der Waals surface area (Å²) in [6.07, 6.45) is -0.271. The molecule has 0 unspecified atom stereocenters. The number of fused-ring (bicyclic) bond motifs is 1. The number of rotatable bonds is 6. The molecular formula is C27H26N4O5. The highest BCUT2D eigenvalue weighted by molar-refractivity contribution is 6.03. The SMILES string of the molecule is Cc1[nH]c(-c2ccccc2Oc2ccccc2)c2cc(C(=O)NC[C@H]3CCN(C(=O)O)C3)[nH]c(=O)c12. The molecule has 1 saturated heterocycles. The van der Waals surface area contributed by atoms with Crippen LogP contribution in [0.1, 0.15) is 22.6 Å². The number of nitrogens with one attached hydrogen (secondary N) is 3. The molecular weight excluding hydrogens is 460 g/mol. The van der Waals surface area contributed by atoms with E-state index >= 15 is 0 Å². The van der Waals surface area contributed by atoms with E-state index in [1.54, 1.807) is 6.07 Å². The molecule has 2 amide bonds. The molecule has 2 aromatic carbocycles. The summed E-state index contributed by atoms with van der Waals surface area (Å²) in [5.74, 6) is 0.917. The summed E-state index contributed by atoms with van der Waals surface area (Å²) in [7, 11) is 0. The molecule has 1 fully saturated rings. The summed E-state index contributed by atoms with van der Waals surface area (Å²) in [5.41, 5.74) is 1.90. The fraction of sp³-hybridized carbons (Fsp3) is 0.222. The number of amides is 2. The third-order valence-electron chi connectivity index (χ3n) is 6.47. The zero-order valence-electron chi connectivity index (χ0n) is 19.7. The number of carbonyl (C=O) groups is 2. The van der Waals surface area contributed by atoms with E-state index in [0.717, 1.165) is 5.56 Å². The van der Waals surface area contributed by atoms with Gasteiger partial charge in [-0.3, -0.25) is 9.59 Å². The predicted molar refractivity (Wildman–Crippen MR) is 136 cm³/mol. The van der Waals surface area contributed by atoms with Crippen LogP contribution in [-0.4, -0.2) is 51.6 Å². The first-order valence-electron chi connectivity index (χ1n) is 11.7. The van der Waals surface area contributed by atoms with Crippen LogP contribution in [0.4, 0.5) is 4.79 Å². The number of likely N-dealkylation sites (tertiary alicyclic amines) is 1. The topological polar surface area (TPSA) is 128 Å². The lowest BCUT2D eigenvalue weighted by atomic mass is 10.1. The maximum atomic E-state index is 13.0.